The lowest BCUT2D eigenvalue weighted by Crippen LogP contribution is -2.34. The first-order valence-corrected chi connectivity index (χ1v) is 10.5. The number of amides is 1. The Morgan fingerprint density at radius 2 is 2.06 bits per heavy atom. The standard InChI is InChI=1S/C25H22FN5O2/c1-15-20(11-21(25(33)28-15)23-10-17-6-2-3-8-22(17)30-23)24(32)29-19-12-27-31(14-19)13-16-5-4-7-18(26)9-16/h2-12,14,25,28,30,33H,13H2,1H3,(H,29,32). The van der Waals surface area contributed by atoms with Crippen molar-refractivity contribution in [3.63, 3.8) is 0 Å². The molecule has 0 saturated carbocycles. The highest BCUT2D eigenvalue weighted by Gasteiger charge is 2.24. The molecule has 2 aromatic heterocycles. The largest absolute Gasteiger partial charge is 0.369 e. The number of fused-ring (bicyclic) bond motifs is 1. The van der Waals surface area contributed by atoms with Crippen molar-refractivity contribution in [3.05, 3.63) is 101 Å². The number of carbonyl (C=O) groups excluding carboxylic acids is 1. The molecular weight excluding hydrogens is 421 g/mol. The Kier molecular flexibility index (Phi) is 5.27. The van der Waals surface area contributed by atoms with Gasteiger partial charge in [0.1, 0.15) is 5.82 Å². The van der Waals surface area contributed by atoms with Crippen molar-refractivity contribution in [2.24, 2.45) is 0 Å². The molecule has 8 heteroatoms. The summed E-state index contributed by atoms with van der Waals surface area (Å²) in [5.74, 6) is -0.633. The van der Waals surface area contributed by atoms with Crippen molar-refractivity contribution >= 4 is 28.1 Å². The van der Waals surface area contributed by atoms with Gasteiger partial charge in [-0.3, -0.25) is 9.48 Å². The van der Waals surface area contributed by atoms with E-state index in [-0.39, 0.29) is 11.7 Å². The fourth-order valence-corrected chi connectivity index (χ4v) is 3.93. The first kappa shape index (κ1) is 20.7. The van der Waals surface area contributed by atoms with E-state index in [0.29, 0.717) is 29.1 Å². The van der Waals surface area contributed by atoms with Gasteiger partial charge in [-0.1, -0.05) is 30.3 Å². The third-order valence-electron chi connectivity index (χ3n) is 5.56. The van der Waals surface area contributed by atoms with Crippen LogP contribution in [0.5, 0.6) is 0 Å². The lowest BCUT2D eigenvalue weighted by molar-refractivity contribution is -0.112. The number of rotatable bonds is 5. The number of aliphatic hydroxyl groups excluding tert-OH is 1. The lowest BCUT2D eigenvalue weighted by Gasteiger charge is -2.24. The van der Waals surface area contributed by atoms with Crippen LogP contribution in [-0.2, 0) is 11.3 Å². The van der Waals surface area contributed by atoms with Crippen molar-refractivity contribution in [2.45, 2.75) is 19.7 Å². The zero-order valence-electron chi connectivity index (χ0n) is 17.8. The monoisotopic (exact) mass is 443 g/mol. The number of halogens is 1. The minimum atomic E-state index is -0.941. The molecule has 33 heavy (non-hydrogen) atoms. The number of carbonyl (C=O) groups is 1. The molecule has 0 spiro atoms. The van der Waals surface area contributed by atoms with E-state index in [4.69, 9.17) is 0 Å². The number of anilines is 1. The molecule has 5 rings (SSSR count). The maximum Gasteiger partial charge on any atom is 0.257 e. The molecule has 7 nitrogen and oxygen atoms in total. The second-order valence-corrected chi connectivity index (χ2v) is 7.97. The summed E-state index contributed by atoms with van der Waals surface area (Å²) in [7, 11) is 0. The molecule has 1 aliphatic rings. The molecule has 4 aromatic rings. The van der Waals surface area contributed by atoms with Crippen LogP contribution in [0.2, 0.25) is 0 Å². The number of allylic oxidation sites excluding steroid dienone is 1. The SMILES string of the molecule is CC1=C(C(=O)Nc2cnn(Cc3cccc(F)c3)c2)C=C(c2cc3ccccc3[nH]2)C(O)N1. The highest BCUT2D eigenvalue weighted by molar-refractivity contribution is 6.08. The number of nitrogens with one attached hydrogen (secondary N) is 3. The Bertz CT molecular complexity index is 1380. The maximum absolute atomic E-state index is 13.4. The van der Waals surface area contributed by atoms with Crippen LogP contribution < -0.4 is 10.6 Å². The van der Waals surface area contributed by atoms with Crippen LogP contribution in [0.15, 0.2) is 84.3 Å². The highest BCUT2D eigenvalue weighted by Crippen LogP contribution is 2.28. The number of benzene rings is 2. The summed E-state index contributed by atoms with van der Waals surface area (Å²) < 4.78 is 15.0. The van der Waals surface area contributed by atoms with E-state index in [9.17, 15) is 14.3 Å². The fourth-order valence-electron chi connectivity index (χ4n) is 3.93. The first-order chi connectivity index (χ1) is 16.0. The van der Waals surface area contributed by atoms with Gasteiger partial charge in [0.05, 0.1) is 24.0 Å². The predicted molar refractivity (Wildman–Crippen MR) is 124 cm³/mol. The van der Waals surface area contributed by atoms with E-state index in [1.54, 1.807) is 36.1 Å². The summed E-state index contributed by atoms with van der Waals surface area (Å²) in [5.41, 5.74) is 4.51. The van der Waals surface area contributed by atoms with Gasteiger partial charge in [-0.2, -0.15) is 5.10 Å². The van der Waals surface area contributed by atoms with E-state index in [1.807, 2.05) is 36.4 Å². The van der Waals surface area contributed by atoms with E-state index in [2.05, 4.69) is 20.7 Å². The van der Waals surface area contributed by atoms with Crippen LogP contribution in [0.4, 0.5) is 10.1 Å². The third-order valence-corrected chi connectivity index (χ3v) is 5.56. The third kappa shape index (κ3) is 4.28. The summed E-state index contributed by atoms with van der Waals surface area (Å²) in [5, 5.41) is 21.6. The summed E-state index contributed by atoms with van der Waals surface area (Å²) >= 11 is 0. The van der Waals surface area contributed by atoms with Crippen LogP contribution >= 0.6 is 0 Å². The van der Waals surface area contributed by atoms with Gasteiger partial charge < -0.3 is 20.7 Å². The Morgan fingerprint density at radius 3 is 2.88 bits per heavy atom. The molecule has 1 atom stereocenters. The number of aliphatic hydroxyl groups is 1. The smallest absolute Gasteiger partial charge is 0.257 e. The van der Waals surface area contributed by atoms with Crippen LogP contribution in [0.3, 0.4) is 0 Å². The first-order valence-electron chi connectivity index (χ1n) is 10.5. The molecule has 0 saturated heterocycles. The molecule has 3 heterocycles. The molecule has 4 N–H and O–H groups in total. The van der Waals surface area contributed by atoms with Crippen molar-refractivity contribution in [1.29, 1.82) is 0 Å². The lowest BCUT2D eigenvalue weighted by atomic mass is 10.0. The van der Waals surface area contributed by atoms with Crippen LogP contribution in [0.1, 0.15) is 18.2 Å². The number of aromatic amines is 1. The van der Waals surface area contributed by atoms with E-state index in [1.165, 1.54) is 12.1 Å². The molecule has 0 aliphatic carbocycles. The number of nitrogens with zero attached hydrogens (tertiary/aromatic N) is 2. The maximum atomic E-state index is 13.4. The summed E-state index contributed by atoms with van der Waals surface area (Å²) in [4.78, 5) is 16.3. The molecule has 1 aliphatic heterocycles. The van der Waals surface area contributed by atoms with Gasteiger partial charge in [-0.25, -0.2) is 4.39 Å². The second kappa shape index (κ2) is 8.40. The Hall–Kier alpha value is -4.17. The molecule has 0 bridgehead atoms. The Labute approximate surface area is 189 Å². The molecule has 1 unspecified atom stereocenters. The zero-order chi connectivity index (χ0) is 22.9. The van der Waals surface area contributed by atoms with Crippen LogP contribution in [0, 0.1) is 5.82 Å². The quantitative estimate of drug-likeness (QED) is 0.378. The average Bonchev–Trinajstić information content (AvgIpc) is 3.40. The number of dihydropyridines is 1. The van der Waals surface area contributed by atoms with Crippen LogP contribution in [-0.4, -0.2) is 32.0 Å². The second-order valence-electron chi connectivity index (χ2n) is 7.97. The minimum absolute atomic E-state index is 0.305. The van der Waals surface area contributed by atoms with E-state index < -0.39 is 6.23 Å². The van der Waals surface area contributed by atoms with Crippen molar-refractivity contribution in [3.8, 4) is 0 Å². The van der Waals surface area contributed by atoms with Crippen LogP contribution in [0.25, 0.3) is 16.5 Å². The fraction of sp³-hybridized carbons (Fsp3) is 0.120. The molecular formula is C25H22FN5O2. The van der Waals surface area contributed by atoms with Gasteiger partial charge in [0.25, 0.3) is 5.91 Å². The number of H-pyrrole nitrogens is 1. The van der Waals surface area contributed by atoms with E-state index in [0.717, 1.165) is 22.2 Å². The molecule has 1 amide bonds. The number of hydrogen-bond acceptors (Lipinski definition) is 4. The average molecular weight is 443 g/mol. The number of aromatic nitrogens is 3. The van der Waals surface area contributed by atoms with E-state index >= 15 is 0 Å². The van der Waals surface area contributed by atoms with Crippen molar-refractivity contribution in [1.82, 2.24) is 20.1 Å². The summed E-state index contributed by atoms with van der Waals surface area (Å²) in [6, 6.07) is 16.1. The predicted octanol–water partition coefficient (Wildman–Crippen LogP) is 3.77. The Balaban J connectivity index is 1.35. The van der Waals surface area contributed by atoms with Gasteiger partial charge in [0.2, 0.25) is 0 Å². The zero-order valence-corrected chi connectivity index (χ0v) is 17.8. The molecule has 166 valence electrons. The number of para-hydroxylation sites is 1. The van der Waals surface area contributed by atoms with Crippen molar-refractivity contribution in [2.75, 3.05) is 5.32 Å². The van der Waals surface area contributed by atoms with Gasteiger partial charge >= 0.3 is 0 Å². The Morgan fingerprint density at radius 1 is 1.21 bits per heavy atom. The van der Waals surface area contributed by atoms with Crippen molar-refractivity contribution < 1.29 is 14.3 Å². The highest BCUT2D eigenvalue weighted by atomic mass is 19.1. The molecule has 2 aromatic carbocycles. The van der Waals surface area contributed by atoms with Gasteiger partial charge in [0.15, 0.2) is 6.23 Å². The molecule has 0 radical (unpaired) electrons. The molecule has 0 fully saturated rings. The van der Waals surface area contributed by atoms with Gasteiger partial charge in [0, 0.05) is 28.7 Å². The topological polar surface area (TPSA) is 95.0 Å². The summed E-state index contributed by atoms with van der Waals surface area (Å²) in [6.07, 6.45) is 3.98. The normalized spacial score (nSPS) is 16.0. The van der Waals surface area contributed by atoms with Gasteiger partial charge in [-0.15, -0.1) is 0 Å². The van der Waals surface area contributed by atoms with Gasteiger partial charge in [-0.05, 0) is 48.2 Å². The summed E-state index contributed by atoms with van der Waals surface area (Å²) in [6.45, 7) is 2.12. The number of hydrogen-bond donors (Lipinski definition) is 4. The minimum Gasteiger partial charge on any atom is -0.369 e.